The highest BCUT2D eigenvalue weighted by Crippen LogP contribution is 2.14. The van der Waals surface area contributed by atoms with E-state index < -0.39 is 12.0 Å². The Morgan fingerprint density at radius 2 is 2.26 bits per heavy atom. The van der Waals surface area contributed by atoms with Crippen molar-refractivity contribution in [2.24, 2.45) is 0 Å². The van der Waals surface area contributed by atoms with Gasteiger partial charge in [0.1, 0.15) is 6.04 Å². The molecule has 0 saturated carbocycles. The molecule has 1 saturated heterocycles. The predicted octanol–water partition coefficient (Wildman–Crippen LogP) is 0.877. The summed E-state index contributed by atoms with van der Waals surface area (Å²) in [6, 6.07) is 6.71. The van der Waals surface area contributed by atoms with E-state index in [-0.39, 0.29) is 12.3 Å². The summed E-state index contributed by atoms with van der Waals surface area (Å²) in [5.74, 6) is -1.11. The number of amides is 1. The summed E-state index contributed by atoms with van der Waals surface area (Å²) in [5.41, 5.74) is 0.877. The van der Waals surface area contributed by atoms with Gasteiger partial charge >= 0.3 is 5.97 Å². The fourth-order valence-corrected chi connectivity index (χ4v) is 2.59. The molecule has 6 heteroatoms. The molecule has 1 aromatic rings. The van der Waals surface area contributed by atoms with Gasteiger partial charge in [-0.3, -0.25) is 4.79 Å². The third-order valence-electron chi connectivity index (χ3n) is 3.09. The van der Waals surface area contributed by atoms with Gasteiger partial charge in [-0.2, -0.15) is 0 Å². The van der Waals surface area contributed by atoms with Crippen LogP contribution in [0.2, 0.25) is 0 Å². The average molecular weight is 327 g/mol. The predicted molar refractivity (Wildman–Crippen MR) is 73.9 cm³/mol. The number of halogens is 1. The number of aliphatic carboxylic acids is 1. The first kappa shape index (κ1) is 14.0. The minimum atomic E-state index is -0.963. The molecule has 1 amide bonds. The van der Waals surface area contributed by atoms with Crippen LogP contribution in [-0.4, -0.2) is 47.6 Å². The molecule has 0 bridgehead atoms. The molecule has 1 atom stereocenters. The molecule has 1 heterocycles. The Kier molecular flexibility index (Phi) is 4.55. The van der Waals surface area contributed by atoms with E-state index in [1.54, 1.807) is 0 Å². The maximum atomic E-state index is 12.2. The van der Waals surface area contributed by atoms with Gasteiger partial charge in [0, 0.05) is 24.1 Å². The zero-order chi connectivity index (χ0) is 13.8. The quantitative estimate of drug-likeness (QED) is 0.865. The molecule has 1 aliphatic rings. The van der Waals surface area contributed by atoms with Crippen LogP contribution in [0.15, 0.2) is 28.7 Å². The van der Waals surface area contributed by atoms with Crippen LogP contribution in [0, 0.1) is 0 Å². The molecule has 5 nitrogen and oxygen atoms in total. The molecule has 19 heavy (non-hydrogen) atoms. The number of benzene rings is 1. The largest absolute Gasteiger partial charge is 0.480 e. The van der Waals surface area contributed by atoms with Crippen molar-refractivity contribution in [1.82, 2.24) is 10.2 Å². The zero-order valence-electron chi connectivity index (χ0n) is 10.3. The molecule has 1 aliphatic heterocycles. The summed E-state index contributed by atoms with van der Waals surface area (Å²) >= 11 is 3.35. The molecule has 1 aromatic carbocycles. The Morgan fingerprint density at radius 1 is 1.47 bits per heavy atom. The van der Waals surface area contributed by atoms with Crippen LogP contribution in [0.1, 0.15) is 5.56 Å². The number of carbonyl (C=O) groups is 2. The van der Waals surface area contributed by atoms with E-state index in [2.05, 4.69) is 21.2 Å². The van der Waals surface area contributed by atoms with Gasteiger partial charge in [-0.15, -0.1) is 0 Å². The lowest BCUT2D eigenvalue weighted by Gasteiger charge is -2.33. The van der Waals surface area contributed by atoms with Gasteiger partial charge in [-0.25, -0.2) is 4.79 Å². The Morgan fingerprint density at radius 3 is 2.95 bits per heavy atom. The van der Waals surface area contributed by atoms with E-state index in [0.717, 1.165) is 10.0 Å². The second-order valence-corrected chi connectivity index (χ2v) is 5.37. The van der Waals surface area contributed by atoms with E-state index in [9.17, 15) is 9.59 Å². The van der Waals surface area contributed by atoms with E-state index in [1.807, 2.05) is 24.3 Å². The van der Waals surface area contributed by atoms with Crippen molar-refractivity contribution >= 4 is 27.8 Å². The van der Waals surface area contributed by atoms with Gasteiger partial charge in [0.25, 0.3) is 0 Å². The van der Waals surface area contributed by atoms with Gasteiger partial charge in [-0.1, -0.05) is 28.1 Å². The van der Waals surface area contributed by atoms with Crippen LogP contribution in [0.3, 0.4) is 0 Å². The van der Waals surface area contributed by atoms with Crippen LogP contribution in [-0.2, 0) is 16.0 Å². The number of hydrogen-bond donors (Lipinski definition) is 2. The molecule has 102 valence electrons. The second-order valence-electron chi connectivity index (χ2n) is 4.45. The van der Waals surface area contributed by atoms with Crippen LogP contribution in [0.4, 0.5) is 0 Å². The monoisotopic (exact) mass is 326 g/mol. The first-order valence-electron chi connectivity index (χ1n) is 6.05. The Bertz CT molecular complexity index is 493. The maximum Gasteiger partial charge on any atom is 0.327 e. The molecule has 0 aliphatic carbocycles. The number of rotatable bonds is 3. The van der Waals surface area contributed by atoms with Gasteiger partial charge in [0.15, 0.2) is 0 Å². The Balaban J connectivity index is 2.07. The molecular formula is C13H15BrN2O3. The Labute approximate surface area is 119 Å². The molecule has 0 aromatic heterocycles. The molecule has 0 radical (unpaired) electrons. The summed E-state index contributed by atoms with van der Waals surface area (Å²) < 4.78 is 0.910. The first-order valence-corrected chi connectivity index (χ1v) is 6.84. The number of carboxylic acid groups (broad SMARTS) is 1. The van der Waals surface area contributed by atoms with Crippen LogP contribution in [0.25, 0.3) is 0 Å². The van der Waals surface area contributed by atoms with Crippen LogP contribution in [0.5, 0.6) is 0 Å². The van der Waals surface area contributed by atoms with Crippen molar-refractivity contribution in [3.8, 4) is 0 Å². The number of carboxylic acids is 1. The van der Waals surface area contributed by atoms with Crippen molar-refractivity contribution in [2.45, 2.75) is 12.5 Å². The van der Waals surface area contributed by atoms with Crippen molar-refractivity contribution in [3.05, 3.63) is 34.3 Å². The van der Waals surface area contributed by atoms with E-state index in [4.69, 9.17) is 5.11 Å². The van der Waals surface area contributed by atoms with E-state index >= 15 is 0 Å². The van der Waals surface area contributed by atoms with Gasteiger partial charge in [0.05, 0.1) is 6.42 Å². The molecule has 2 rings (SSSR count). The first-order chi connectivity index (χ1) is 9.08. The number of nitrogens with one attached hydrogen (secondary N) is 1. The highest BCUT2D eigenvalue weighted by atomic mass is 79.9. The van der Waals surface area contributed by atoms with Crippen LogP contribution >= 0.6 is 15.9 Å². The Hall–Kier alpha value is -1.40. The fraction of sp³-hybridized carbons (Fsp3) is 0.385. The van der Waals surface area contributed by atoms with Gasteiger partial charge in [-0.05, 0) is 17.7 Å². The highest BCUT2D eigenvalue weighted by Gasteiger charge is 2.31. The second kappa shape index (κ2) is 6.16. The van der Waals surface area contributed by atoms with Crippen molar-refractivity contribution in [2.75, 3.05) is 19.6 Å². The lowest BCUT2D eigenvalue weighted by Crippen LogP contribution is -2.57. The molecule has 1 unspecified atom stereocenters. The van der Waals surface area contributed by atoms with Crippen molar-refractivity contribution in [1.29, 1.82) is 0 Å². The van der Waals surface area contributed by atoms with Gasteiger partial charge < -0.3 is 15.3 Å². The van der Waals surface area contributed by atoms with Crippen molar-refractivity contribution < 1.29 is 14.7 Å². The lowest BCUT2D eigenvalue weighted by molar-refractivity contribution is -0.150. The average Bonchev–Trinajstić information content (AvgIpc) is 2.38. The summed E-state index contributed by atoms with van der Waals surface area (Å²) in [5, 5.41) is 12.1. The standard InChI is InChI=1S/C13H15BrN2O3/c14-10-3-1-2-9(6-10)7-12(17)16-5-4-15-8-11(16)13(18)19/h1-3,6,11,15H,4-5,7-8H2,(H,18,19). The molecular weight excluding hydrogens is 312 g/mol. The fourth-order valence-electron chi connectivity index (χ4n) is 2.15. The number of carbonyl (C=O) groups excluding carboxylic acids is 1. The number of piperazine rings is 1. The third kappa shape index (κ3) is 3.54. The highest BCUT2D eigenvalue weighted by molar-refractivity contribution is 9.10. The number of nitrogens with zero attached hydrogens (tertiary/aromatic N) is 1. The van der Waals surface area contributed by atoms with Gasteiger partial charge in [0.2, 0.25) is 5.91 Å². The van der Waals surface area contributed by atoms with Crippen LogP contribution < -0.4 is 5.32 Å². The summed E-state index contributed by atoms with van der Waals surface area (Å²) in [7, 11) is 0. The lowest BCUT2D eigenvalue weighted by atomic mass is 10.1. The van der Waals surface area contributed by atoms with E-state index in [1.165, 1.54) is 4.90 Å². The maximum absolute atomic E-state index is 12.2. The minimum Gasteiger partial charge on any atom is -0.480 e. The SMILES string of the molecule is O=C(O)C1CNCCN1C(=O)Cc1cccc(Br)c1. The smallest absolute Gasteiger partial charge is 0.327 e. The van der Waals surface area contributed by atoms with E-state index in [0.29, 0.717) is 19.6 Å². The number of hydrogen-bond acceptors (Lipinski definition) is 3. The topological polar surface area (TPSA) is 69.6 Å². The molecule has 0 spiro atoms. The third-order valence-corrected chi connectivity index (χ3v) is 3.59. The summed E-state index contributed by atoms with van der Waals surface area (Å²) in [6.07, 6.45) is 0.225. The minimum absolute atomic E-state index is 0.146. The molecule has 2 N–H and O–H groups in total. The van der Waals surface area contributed by atoms with Crippen molar-refractivity contribution in [3.63, 3.8) is 0 Å². The normalized spacial score (nSPS) is 19.2. The zero-order valence-corrected chi connectivity index (χ0v) is 11.9. The summed E-state index contributed by atoms with van der Waals surface area (Å²) in [6.45, 7) is 1.37. The molecule has 1 fully saturated rings. The summed E-state index contributed by atoms with van der Waals surface area (Å²) in [4.78, 5) is 24.8.